The number of hydroxylamine groups is 1. The van der Waals surface area contributed by atoms with Crippen LogP contribution in [0, 0.1) is 5.92 Å². The van der Waals surface area contributed by atoms with Gasteiger partial charge in [-0.15, -0.1) is 0 Å². The first-order valence-corrected chi connectivity index (χ1v) is 6.60. The van der Waals surface area contributed by atoms with Crippen LogP contribution in [0.3, 0.4) is 0 Å². The van der Waals surface area contributed by atoms with Gasteiger partial charge in [-0.25, -0.2) is 10.3 Å². The van der Waals surface area contributed by atoms with Crippen molar-refractivity contribution >= 4 is 12.0 Å². The molecule has 1 aromatic rings. The molecule has 1 fully saturated rings. The zero-order chi connectivity index (χ0) is 14.5. The Hall–Kier alpha value is -2.08. The summed E-state index contributed by atoms with van der Waals surface area (Å²) in [6, 6.07) is 9.26. The van der Waals surface area contributed by atoms with Crippen LogP contribution in [0.25, 0.3) is 0 Å². The van der Waals surface area contributed by atoms with Crippen molar-refractivity contribution in [2.45, 2.75) is 18.8 Å². The summed E-state index contributed by atoms with van der Waals surface area (Å²) in [6.45, 7) is 0.837. The topological polar surface area (TPSA) is 89.9 Å². The maximum absolute atomic E-state index is 11.9. The molecule has 108 valence electrons. The first-order valence-electron chi connectivity index (χ1n) is 6.60. The average Bonchev–Trinajstić information content (AvgIpc) is 2.49. The van der Waals surface area contributed by atoms with Crippen molar-refractivity contribution in [1.82, 2.24) is 10.4 Å². The number of nitrogens with zero attached hydrogens (tertiary/aromatic N) is 1. The second kappa shape index (κ2) is 6.38. The predicted octanol–water partition coefficient (Wildman–Crippen LogP) is 1.67. The third kappa shape index (κ3) is 3.08. The summed E-state index contributed by atoms with van der Waals surface area (Å²) in [6.07, 6.45) is 0.296. The molecule has 0 aromatic heterocycles. The highest BCUT2D eigenvalue weighted by atomic mass is 16.5. The molecule has 2 rings (SSSR count). The van der Waals surface area contributed by atoms with Gasteiger partial charge in [-0.05, 0) is 24.3 Å². The monoisotopic (exact) mass is 278 g/mol. The maximum atomic E-state index is 11.9. The molecule has 1 aromatic carbocycles. The molecule has 1 unspecified atom stereocenters. The highest BCUT2D eigenvalue weighted by Gasteiger charge is 2.33. The van der Waals surface area contributed by atoms with Crippen LogP contribution in [0.4, 0.5) is 4.79 Å². The highest BCUT2D eigenvalue weighted by Crippen LogP contribution is 2.32. The second-order valence-electron chi connectivity index (χ2n) is 4.97. The molecule has 3 N–H and O–H groups in total. The summed E-state index contributed by atoms with van der Waals surface area (Å²) in [5.41, 5.74) is 2.57. The molecule has 6 heteroatoms. The Kier molecular flexibility index (Phi) is 4.57. The molecular weight excluding hydrogens is 260 g/mol. The van der Waals surface area contributed by atoms with Gasteiger partial charge in [0.25, 0.3) is 5.91 Å². The van der Waals surface area contributed by atoms with Gasteiger partial charge in [0.1, 0.15) is 0 Å². The highest BCUT2D eigenvalue weighted by molar-refractivity contribution is 5.83. The molecular formula is C14H18N2O4. The molecule has 0 radical (unpaired) electrons. The molecule has 0 aliphatic carbocycles. The summed E-state index contributed by atoms with van der Waals surface area (Å²) < 4.78 is 0. The standard InChI is InChI=1S/C14H18N2O4/c17-13(15-20)12(10-4-2-1-3-5-10)11-6-8-16(9-7-11)14(18)19/h1-5,11-12,20H,6-9H2,(H,15,17)(H,18,19). The molecule has 0 spiro atoms. The summed E-state index contributed by atoms with van der Waals surface area (Å²) >= 11 is 0. The molecule has 0 saturated carbocycles. The van der Waals surface area contributed by atoms with E-state index in [1.165, 1.54) is 4.90 Å². The van der Waals surface area contributed by atoms with Crippen molar-refractivity contribution in [3.05, 3.63) is 35.9 Å². The van der Waals surface area contributed by atoms with Gasteiger partial charge in [0.2, 0.25) is 0 Å². The summed E-state index contributed by atoms with van der Waals surface area (Å²) in [5.74, 6) is -0.859. The number of piperidine rings is 1. The first kappa shape index (κ1) is 14.3. The number of benzene rings is 1. The fourth-order valence-corrected chi connectivity index (χ4v) is 2.79. The van der Waals surface area contributed by atoms with Crippen molar-refractivity contribution in [2.24, 2.45) is 5.92 Å². The minimum atomic E-state index is -0.925. The fraction of sp³-hybridized carbons (Fsp3) is 0.429. The van der Waals surface area contributed by atoms with Crippen molar-refractivity contribution < 1.29 is 19.9 Å². The number of nitrogens with one attached hydrogen (secondary N) is 1. The van der Waals surface area contributed by atoms with Crippen LogP contribution in [-0.2, 0) is 4.79 Å². The van der Waals surface area contributed by atoms with E-state index in [2.05, 4.69) is 0 Å². The Morgan fingerprint density at radius 1 is 1.20 bits per heavy atom. The smallest absolute Gasteiger partial charge is 0.407 e. The van der Waals surface area contributed by atoms with Gasteiger partial charge in [-0.2, -0.15) is 0 Å². The van der Waals surface area contributed by atoms with E-state index >= 15 is 0 Å². The maximum Gasteiger partial charge on any atom is 0.407 e. The van der Waals surface area contributed by atoms with Gasteiger partial charge in [-0.1, -0.05) is 30.3 Å². The van der Waals surface area contributed by atoms with E-state index in [4.69, 9.17) is 10.3 Å². The van der Waals surface area contributed by atoms with Gasteiger partial charge in [-0.3, -0.25) is 10.0 Å². The van der Waals surface area contributed by atoms with E-state index in [0.29, 0.717) is 25.9 Å². The Morgan fingerprint density at radius 3 is 2.30 bits per heavy atom. The lowest BCUT2D eigenvalue weighted by Crippen LogP contribution is -2.41. The summed E-state index contributed by atoms with van der Waals surface area (Å²) in [7, 11) is 0. The molecule has 0 bridgehead atoms. The molecule has 6 nitrogen and oxygen atoms in total. The number of amides is 2. The normalized spacial score (nSPS) is 17.6. The molecule has 1 aliphatic rings. The summed E-state index contributed by atoms with van der Waals surface area (Å²) in [4.78, 5) is 24.2. The molecule has 2 amide bonds. The van der Waals surface area contributed by atoms with Crippen molar-refractivity contribution in [2.75, 3.05) is 13.1 Å². The third-order valence-corrected chi connectivity index (χ3v) is 3.83. The van der Waals surface area contributed by atoms with Gasteiger partial charge in [0.05, 0.1) is 5.92 Å². The largest absolute Gasteiger partial charge is 0.465 e. The van der Waals surface area contributed by atoms with Crippen LogP contribution in [0.15, 0.2) is 30.3 Å². The Bertz CT molecular complexity index is 469. The van der Waals surface area contributed by atoms with Crippen LogP contribution in [-0.4, -0.2) is 40.3 Å². The van der Waals surface area contributed by atoms with Gasteiger partial charge < -0.3 is 10.0 Å². The second-order valence-corrected chi connectivity index (χ2v) is 4.97. The number of carbonyl (C=O) groups excluding carboxylic acids is 1. The predicted molar refractivity (Wildman–Crippen MR) is 71.4 cm³/mol. The fourth-order valence-electron chi connectivity index (χ4n) is 2.79. The summed E-state index contributed by atoms with van der Waals surface area (Å²) in [5, 5.41) is 17.9. The quantitative estimate of drug-likeness (QED) is 0.579. The number of hydrogen-bond acceptors (Lipinski definition) is 3. The molecule has 20 heavy (non-hydrogen) atoms. The lowest BCUT2D eigenvalue weighted by molar-refractivity contribution is -0.132. The van der Waals surface area contributed by atoms with Crippen LogP contribution >= 0.6 is 0 Å². The van der Waals surface area contributed by atoms with E-state index in [0.717, 1.165) is 5.56 Å². The van der Waals surface area contributed by atoms with Crippen molar-refractivity contribution in [3.8, 4) is 0 Å². The molecule has 1 saturated heterocycles. The Labute approximate surface area is 117 Å². The number of likely N-dealkylation sites (tertiary alicyclic amines) is 1. The van der Waals surface area contributed by atoms with Crippen LogP contribution in [0.5, 0.6) is 0 Å². The zero-order valence-corrected chi connectivity index (χ0v) is 11.0. The lowest BCUT2D eigenvalue weighted by atomic mass is 9.79. The molecule has 1 aliphatic heterocycles. The third-order valence-electron chi connectivity index (χ3n) is 3.83. The zero-order valence-electron chi connectivity index (χ0n) is 11.0. The Balaban J connectivity index is 2.13. The first-order chi connectivity index (χ1) is 9.63. The van der Waals surface area contributed by atoms with Gasteiger partial charge in [0, 0.05) is 13.1 Å². The van der Waals surface area contributed by atoms with E-state index in [1.807, 2.05) is 30.3 Å². The Morgan fingerprint density at radius 2 is 1.80 bits per heavy atom. The van der Waals surface area contributed by atoms with Gasteiger partial charge in [0.15, 0.2) is 0 Å². The average molecular weight is 278 g/mol. The minimum absolute atomic E-state index is 0.0279. The van der Waals surface area contributed by atoms with Crippen LogP contribution in [0.1, 0.15) is 24.3 Å². The van der Waals surface area contributed by atoms with Crippen LogP contribution < -0.4 is 5.48 Å². The van der Waals surface area contributed by atoms with Crippen molar-refractivity contribution in [1.29, 1.82) is 0 Å². The number of carbonyl (C=O) groups is 2. The number of carboxylic acid groups (broad SMARTS) is 1. The number of rotatable bonds is 3. The van der Waals surface area contributed by atoms with E-state index in [-0.39, 0.29) is 5.92 Å². The minimum Gasteiger partial charge on any atom is -0.465 e. The van der Waals surface area contributed by atoms with Crippen molar-refractivity contribution in [3.63, 3.8) is 0 Å². The van der Waals surface area contributed by atoms with Gasteiger partial charge >= 0.3 is 6.09 Å². The molecule has 1 atom stereocenters. The van der Waals surface area contributed by atoms with E-state index < -0.39 is 17.9 Å². The molecule has 1 heterocycles. The number of hydrogen-bond donors (Lipinski definition) is 3. The SMILES string of the molecule is O=C(NO)C(c1ccccc1)C1CCN(C(=O)O)CC1. The lowest BCUT2D eigenvalue weighted by Gasteiger charge is -2.34. The van der Waals surface area contributed by atoms with E-state index in [9.17, 15) is 9.59 Å². The van der Waals surface area contributed by atoms with E-state index in [1.54, 1.807) is 5.48 Å². The van der Waals surface area contributed by atoms with Crippen LogP contribution in [0.2, 0.25) is 0 Å².